The number of ether oxygens (including phenoxy) is 3. The third-order valence-electron chi connectivity index (χ3n) is 6.15. The van der Waals surface area contributed by atoms with Crippen molar-refractivity contribution in [3.05, 3.63) is 42.2 Å². The topological polar surface area (TPSA) is 106 Å². The number of carbonyl (C=O) groups excluding carboxylic acids is 1. The number of rotatable bonds is 9. The summed E-state index contributed by atoms with van der Waals surface area (Å²) in [6.45, 7) is -1.75. The molecule has 1 aromatic carbocycles. The first-order valence-electron chi connectivity index (χ1n) is 11.4. The van der Waals surface area contributed by atoms with Crippen molar-refractivity contribution in [1.82, 2.24) is 20.0 Å². The zero-order chi connectivity index (χ0) is 24.6. The van der Waals surface area contributed by atoms with Gasteiger partial charge < -0.3 is 30.0 Å². The maximum atomic E-state index is 13.2. The molecule has 3 heterocycles. The molecule has 1 aliphatic heterocycles. The average Bonchev–Trinajstić information content (AvgIpc) is 3.37. The third kappa shape index (κ3) is 5.01. The lowest BCUT2D eigenvalue weighted by Gasteiger charge is -2.21. The van der Waals surface area contributed by atoms with Crippen molar-refractivity contribution in [1.29, 1.82) is 0 Å². The number of fused-ring (bicyclic) bond motifs is 1. The van der Waals surface area contributed by atoms with Crippen LogP contribution in [0.1, 0.15) is 31.0 Å². The molecule has 1 saturated heterocycles. The van der Waals surface area contributed by atoms with Crippen molar-refractivity contribution in [2.45, 2.75) is 37.5 Å². The largest absolute Gasteiger partial charge is 0.496 e. The summed E-state index contributed by atoms with van der Waals surface area (Å²) < 4.78 is 44.1. The number of carbonyl (C=O) groups is 1. The fourth-order valence-corrected chi connectivity index (χ4v) is 4.13. The van der Waals surface area contributed by atoms with Gasteiger partial charge in [0.25, 0.3) is 5.91 Å². The highest BCUT2D eigenvalue weighted by atomic mass is 19.3. The number of benzene rings is 1. The Kier molecular flexibility index (Phi) is 6.20. The number of halogens is 2. The number of pyridine rings is 1. The molecular formula is C24H28F2N4O5. The minimum Gasteiger partial charge on any atom is -0.496 e. The molecule has 2 aromatic heterocycles. The predicted molar refractivity (Wildman–Crippen MR) is 124 cm³/mol. The fourth-order valence-electron chi connectivity index (χ4n) is 4.13. The molecule has 1 atom stereocenters. The minimum absolute atomic E-state index is 0. The van der Waals surface area contributed by atoms with Crippen LogP contribution >= 0.6 is 0 Å². The molecule has 2 aliphatic rings. The molecule has 3 N–H and O–H groups in total. The van der Waals surface area contributed by atoms with Gasteiger partial charge in [0.15, 0.2) is 0 Å². The molecule has 3 aromatic rings. The van der Waals surface area contributed by atoms with Crippen molar-refractivity contribution >= 4 is 11.6 Å². The van der Waals surface area contributed by atoms with Crippen LogP contribution in [0, 0.1) is 0 Å². The van der Waals surface area contributed by atoms with E-state index < -0.39 is 18.1 Å². The van der Waals surface area contributed by atoms with Crippen LogP contribution in [0.25, 0.3) is 16.9 Å². The highest BCUT2D eigenvalue weighted by molar-refractivity contribution is 6.01. The molecule has 0 spiro atoms. The maximum absolute atomic E-state index is 13.2. The van der Waals surface area contributed by atoms with E-state index in [1.54, 1.807) is 35.0 Å². The molecule has 11 heteroatoms. The quantitative estimate of drug-likeness (QED) is 0.424. The number of hydrogen-bond acceptors (Lipinski definition) is 7. The Morgan fingerprint density at radius 1 is 1.37 bits per heavy atom. The van der Waals surface area contributed by atoms with E-state index in [2.05, 4.69) is 15.6 Å². The summed E-state index contributed by atoms with van der Waals surface area (Å²) in [6.07, 6.45) is 5.63. The number of amides is 1. The third-order valence-corrected chi connectivity index (χ3v) is 6.15. The van der Waals surface area contributed by atoms with E-state index in [1.165, 1.54) is 13.2 Å². The van der Waals surface area contributed by atoms with Gasteiger partial charge in [-0.25, -0.2) is 4.98 Å². The second-order valence-electron chi connectivity index (χ2n) is 8.85. The number of methoxy groups -OCH3 is 1. The van der Waals surface area contributed by atoms with Gasteiger partial charge in [-0.15, -0.1) is 0 Å². The molecule has 5 rings (SSSR count). The van der Waals surface area contributed by atoms with Crippen molar-refractivity contribution in [3.63, 3.8) is 0 Å². The highest BCUT2D eigenvalue weighted by Gasteiger charge is 2.32. The van der Waals surface area contributed by atoms with Gasteiger partial charge in [0.1, 0.15) is 40.7 Å². The number of hydrogen-bond donors (Lipinski definition) is 3. The van der Waals surface area contributed by atoms with Crippen LogP contribution in [0.3, 0.4) is 0 Å². The Morgan fingerprint density at radius 2 is 2.17 bits per heavy atom. The van der Waals surface area contributed by atoms with E-state index in [9.17, 15) is 18.7 Å². The Hall–Kier alpha value is -3.44. The number of nitrogens with zero attached hydrogens (tertiary/aromatic N) is 2. The Labute approximate surface area is 201 Å². The molecule has 188 valence electrons. The number of imidazole rings is 1. The van der Waals surface area contributed by atoms with Crippen molar-refractivity contribution in [3.8, 4) is 28.5 Å². The fraction of sp³-hybridized carbons (Fsp3) is 0.417. The van der Waals surface area contributed by atoms with E-state index in [0.717, 1.165) is 19.4 Å². The van der Waals surface area contributed by atoms with E-state index in [0.29, 0.717) is 35.6 Å². The minimum atomic E-state index is -3.12. The molecule has 0 bridgehead atoms. The lowest BCUT2D eigenvalue weighted by atomic mass is 10.1. The molecule has 1 amide bonds. The maximum Gasteiger partial charge on any atom is 0.387 e. The Bertz CT molecular complexity index is 1240. The molecule has 1 saturated carbocycles. The van der Waals surface area contributed by atoms with Gasteiger partial charge in [-0.05, 0) is 44.0 Å². The average molecular weight is 491 g/mol. The zero-order valence-corrected chi connectivity index (χ0v) is 19.1. The number of alkyl halides is 2. The van der Waals surface area contributed by atoms with Gasteiger partial charge >= 0.3 is 6.61 Å². The van der Waals surface area contributed by atoms with Gasteiger partial charge in [-0.1, -0.05) is 0 Å². The van der Waals surface area contributed by atoms with E-state index in [1.807, 2.05) is 0 Å². The van der Waals surface area contributed by atoms with Crippen LogP contribution in [0.5, 0.6) is 17.2 Å². The van der Waals surface area contributed by atoms with Crippen molar-refractivity contribution < 1.29 is 34.3 Å². The number of aliphatic hydroxyl groups is 1. The van der Waals surface area contributed by atoms with Crippen molar-refractivity contribution in [2.24, 2.45) is 0 Å². The molecule has 0 radical (unpaired) electrons. The number of β-amino-alcohol motifs (C(OH)–C–C–N with tert-alkyl or cyclic N) is 1. The first kappa shape index (κ1) is 23.3. The predicted octanol–water partition coefficient (Wildman–Crippen LogP) is 2.85. The standard InChI is InChI=1S/C24H26F2N4O5.H2/c1-33-18-8-14(9-19(35-23(25)26)21(18)22(31)29-15-2-3-15)17-11-28-20-10-16(4-7-30(17)20)34-13-24(32)5-6-27-12-24;/h4,7-11,15,23,27,32H,2-3,5-6,12-13H2,1H3,(H,29,31);1H. The summed E-state index contributed by atoms with van der Waals surface area (Å²) in [6, 6.07) is 6.46. The van der Waals surface area contributed by atoms with Gasteiger partial charge in [-0.2, -0.15) is 8.78 Å². The SMILES string of the molecule is COc1cc(-c2cnc3cc(OCC4(O)CCNC4)ccn23)cc(OC(F)F)c1C(=O)NC1CC1.[HH]. The van der Waals surface area contributed by atoms with Crippen LogP contribution in [0.15, 0.2) is 36.7 Å². The van der Waals surface area contributed by atoms with Gasteiger partial charge in [0.05, 0.1) is 19.0 Å². The zero-order valence-electron chi connectivity index (χ0n) is 19.1. The summed E-state index contributed by atoms with van der Waals surface area (Å²) in [4.78, 5) is 17.1. The second-order valence-corrected chi connectivity index (χ2v) is 8.85. The van der Waals surface area contributed by atoms with Gasteiger partial charge in [0, 0.05) is 31.8 Å². The molecule has 1 unspecified atom stereocenters. The number of nitrogens with one attached hydrogen (secondary N) is 2. The van der Waals surface area contributed by atoms with Crippen LogP contribution in [-0.2, 0) is 0 Å². The first-order chi connectivity index (χ1) is 16.8. The highest BCUT2D eigenvalue weighted by Crippen LogP contribution is 2.37. The lowest BCUT2D eigenvalue weighted by Crippen LogP contribution is -2.38. The molecule has 1 aliphatic carbocycles. The molecular weight excluding hydrogens is 462 g/mol. The summed E-state index contributed by atoms with van der Waals surface area (Å²) in [5.74, 6) is -0.141. The van der Waals surface area contributed by atoms with E-state index in [-0.39, 0.29) is 31.1 Å². The normalized spacial score (nSPS) is 19.8. The summed E-state index contributed by atoms with van der Waals surface area (Å²) in [7, 11) is 1.37. The van der Waals surface area contributed by atoms with Gasteiger partial charge in [0.2, 0.25) is 0 Å². The Balaban J connectivity index is 0.00000304. The lowest BCUT2D eigenvalue weighted by molar-refractivity contribution is -0.0502. The van der Waals surface area contributed by atoms with E-state index >= 15 is 0 Å². The second kappa shape index (κ2) is 9.31. The summed E-state index contributed by atoms with van der Waals surface area (Å²) in [5.41, 5.74) is 0.634. The molecule has 2 fully saturated rings. The van der Waals surface area contributed by atoms with E-state index in [4.69, 9.17) is 14.2 Å². The molecule has 9 nitrogen and oxygen atoms in total. The van der Waals surface area contributed by atoms with Gasteiger partial charge in [-0.3, -0.25) is 9.20 Å². The van der Waals surface area contributed by atoms with Crippen LogP contribution in [-0.4, -0.2) is 65.5 Å². The smallest absolute Gasteiger partial charge is 0.387 e. The van der Waals surface area contributed by atoms with Crippen molar-refractivity contribution in [2.75, 3.05) is 26.8 Å². The Morgan fingerprint density at radius 3 is 2.86 bits per heavy atom. The monoisotopic (exact) mass is 490 g/mol. The summed E-state index contributed by atoms with van der Waals surface area (Å²) >= 11 is 0. The van der Waals surface area contributed by atoms with Crippen LogP contribution < -0.4 is 24.8 Å². The van der Waals surface area contributed by atoms with Crippen LogP contribution in [0.2, 0.25) is 0 Å². The molecule has 35 heavy (non-hydrogen) atoms. The summed E-state index contributed by atoms with van der Waals surface area (Å²) in [5, 5.41) is 16.4. The first-order valence-corrected chi connectivity index (χ1v) is 11.4. The van der Waals surface area contributed by atoms with Crippen LogP contribution in [0.4, 0.5) is 8.78 Å². The number of aromatic nitrogens is 2.